The Balaban J connectivity index is 2.31. The predicted octanol–water partition coefficient (Wildman–Crippen LogP) is -0.419. The van der Waals surface area contributed by atoms with Gasteiger partial charge in [-0.15, -0.1) is 0 Å². The molecule has 2 heterocycles. The summed E-state index contributed by atoms with van der Waals surface area (Å²) >= 11 is 0. The minimum atomic E-state index is -0.458. The highest BCUT2D eigenvalue weighted by molar-refractivity contribution is 5.74. The Labute approximate surface area is 161 Å². The molecule has 0 radical (unpaired) electrons. The molecule has 0 aliphatic carbocycles. The van der Waals surface area contributed by atoms with E-state index < -0.39 is 11.2 Å². The summed E-state index contributed by atoms with van der Waals surface area (Å²) in [6.07, 6.45) is 0. The molecule has 0 fully saturated rings. The monoisotopic (exact) mass is 387 g/mol. The number of fused-ring (bicyclic) bond motifs is 1. The molecule has 3 aromatic rings. The van der Waals surface area contributed by atoms with Gasteiger partial charge in [-0.05, 0) is 12.5 Å². The molecule has 0 unspecified atom stereocenters. The van der Waals surface area contributed by atoms with Gasteiger partial charge in [-0.3, -0.25) is 18.5 Å². The van der Waals surface area contributed by atoms with Crippen LogP contribution in [0.15, 0.2) is 33.9 Å². The highest BCUT2D eigenvalue weighted by Crippen LogP contribution is 2.21. The number of aromatic nitrogens is 4. The van der Waals surface area contributed by atoms with Gasteiger partial charge in [-0.1, -0.05) is 29.8 Å². The van der Waals surface area contributed by atoms with Crippen molar-refractivity contribution >= 4 is 17.1 Å². The van der Waals surface area contributed by atoms with Crippen LogP contribution in [0.3, 0.4) is 0 Å². The van der Waals surface area contributed by atoms with Gasteiger partial charge in [0.25, 0.3) is 5.56 Å². The third-order valence-corrected chi connectivity index (χ3v) is 4.77. The molecule has 3 rings (SSSR count). The second kappa shape index (κ2) is 7.99. The van der Waals surface area contributed by atoms with Crippen molar-refractivity contribution in [2.75, 3.05) is 31.2 Å². The van der Waals surface area contributed by atoms with Crippen LogP contribution in [0.4, 0.5) is 5.95 Å². The topological polar surface area (TPSA) is 106 Å². The fraction of sp³-hybridized carbons (Fsp3) is 0.421. The van der Waals surface area contributed by atoms with Gasteiger partial charge in [0.1, 0.15) is 0 Å². The molecular formula is C19H25N5O4. The largest absolute Gasteiger partial charge is 0.395 e. The van der Waals surface area contributed by atoms with Gasteiger partial charge in [0.15, 0.2) is 11.2 Å². The molecule has 0 bridgehead atoms. The fourth-order valence-corrected chi connectivity index (χ4v) is 3.37. The van der Waals surface area contributed by atoms with E-state index in [1.54, 1.807) is 16.5 Å². The molecule has 28 heavy (non-hydrogen) atoms. The van der Waals surface area contributed by atoms with Gasteiger partial charge in [0, 0.05) is 27.2 Å². The average Bonchev–Trinajstić information content (AvgIpc) is 3.04. The second-order valence-corrected chi connectivity index (χ2v) is 6.80. The van der Waals surface area contributed by atoms with Gasteiger partial charge in [-0.25, -0.2) is 4.79 Å². The summed E-state index contributed by atoms with van der Waals surface area (Å²) in [6.45, 7) is 2.57. The standard InChI is InChI=1S/C19H25N5O4/c1-13-5-4-6-14(11-13)12-24-15-16(21(2)19(28)22(3)17(15)27)20-18(24)23(7-9-25)8-10-26/h4-6,11,25-26H,7-10,12H2,1-3H3. The van der Waals surface area contributed by atoms with Crippen molar-refractivity contribution in [3.63, 3.8) is 0 Å². The van der Waals surface area contributed by atoms with Crippen molar-refractivity contribution in [2.24, 2.45) is 14.1 Å². The van der Waals surface area contributed by atoms with Crippen LogP contribution in [0, 0.1) is 6.92 Å². The van der Waals surface area contributed by atoms with E-state index >= 15 is 0 Å². The second-order valence-electron chi connectivity index (χ2n) is 6.80. The van der Waals surface area contributed by atoms with Crippen molar-refractivity contribution in [2.45, 2.75) is 13.5 Å². The molecule has 9 heteroatoms. The number of rotatable bonds is 7. The minimum Gasteiger partial charge on any atom is -0.395 e. The molecule has 0 saturated heterocycles. The van der Waals surface area contributed by atoms with E-state index in [-0.39, 0.29) is 32.0 Å². The number of aryl methyl sites for hydroxylation is 2. The lowest BCUT2D eigenvalue weighted by molar-refractivity contribution is 0.279. The van der Waals surface area contributed by atoms with E-state index in [2.05, 4.69) is 4.98 Å². The Morgan fingerprint density at radius 2 is 1.75 bits per heavy atom. The SMILES string of the molecule is Cc1cccc(Cn2c(N(CCO)CCO)nc3c2c(=O)n(C)c(=O)n3C)c1. The molecule has 0 saturated carbocycles. The average molecular weight is 387 g/mol. The van der Waals surface area contributed by atoms with Crippen LogP contribution in [0.25, 0.3) is 11.2 Å². The van der Waals surface area contributed by atoms with Crippen molar-refractivity contribution in [1.82, 2.24) is 18.7 Å². The zero-order valence-electron chi connectivity index (χ0n) is 16.3. The first kappa shape index (κ1) is 19.8. The number of aliphatic hydroxyl groups is 2. The molecule has 0 amide bonds. The Morgan fingerprint density at radius 1 is 1.07 bits per heavy atom. The van der Waals surface area contributed by atoms with Crippen LogP contribution in [-0.4, -0.2) is 55.2 Å². The van der Waals surface area contributed by atoms with Crippen LogP contribution in [0.5, 0.6) is 0 Å². The summed E-state index contributed by atoms with van der Waals surface area (Å²) in [4.78, 5) is 31.5. The molecule has 0 aliphatic rings. The highest BCUT2D eigenvalue weighted by atomic mass is 16.3. The first-order valence-electron chi connectivity index (χ1n) is 9.07. The molecule has 2 aromatic heterocycles. The lowest BCUT2D eigenvalue weighted by atomic mass is 10.1. The molecule has 0 spiro atoms. The Morgan fingerprint density at radius 3 is 2.36 bits per heavy atom. The van der Waals surface area contributed by atoms with Crippen molar-refractivity contribution in [3.8, 4) is 0 Å². The first-order valence-corrected chi connectivity index (χ1v) is 9.07. The van der Waals surface area contributed by atoms with E-state index in [0.29, 0.717) is 18.0 Å². The van der Waals surface area contributed by atoms with E-state index in [4.69, 9.17) is 0 Å². The maximum Gasteiger partial charge on any atom is 0.332 e. The first-order chi connectivity index (χ1) is 13.4. The molecule has 1 aromatic carbocycles. The number of imidazole rings is 1. The Kier molecular flexibility index (Phi) is 5.66. The maximum absolute atomic E-state index is 12.9. The van der Waals surface area contributed by atoms with E-state index in [1.165, 1.54) is 11.6 Å². The van der Waals surface area contributed by atoms with Gasteiger partial charge in [0.2, 0.25) is 5.95 Å². The van der Waals surface area contributed by atoms with Crippen LogP contribution < -0.4 is 16.1 Å². The summed E-state index contributed by atoms with van der Waals surface area (Å²) < 4.78 is 4.14. The molecule has 0 atom stereocenters. The van der Waals surface area contributed by atoms with Crippen molar-refractivity contribution in [1.29, 1.82) is 0 Å². The van der Waals surface area contributed by atoms with Crippen LogP contribution >= 0.6 is 0 Å². The highest BCUT2D eigenvalue weighted by Gasteiger charge is 2.22. The summed E-state index contributed by atoms with van der Waals surface area (Å²) in [5, 5.41) is 18.9. The fourth-order valence-electron chi connectivity index (χ4n) is 3.37. The van der Waals surface area contributed by atoms with E-state index in [9.17, 15) is 19.8 Å². The van der Waals surface area contributed by atoms with E-state index in [1.807, 2.05) is 31.2 Å². The lowest BCUT2D eigenvalue weighted by Gasteiger charge is -2.23. The number of nitrogens with zero attached hydrogens (tertiary/aromatic N) is 5. The number of hydrogen-bond acceptors (Lipinski definition) is 6. The van der Waals surface area contributed by atoms with Gasteiger partial charge < -0.3 is 15.1 Å². The zero-order valence-corrected chi connectivity index (χ0v) is 16.3. The molecule has 150 valence electrons. The van der Waals surface area contributed by atoms with Gasteiger partial charge >= 0.3 is 5.69 Å². The van der Waals surface area contributed by atoms with Crippen LogP contribution in [0.1, 0.15) is 11.1 Å². The molecule has 0 aliphatic heterocycles. The van der Waals surface area contributed by atoms with Crippen molar-refractivity contribution < 1.29 is 10.2 Å². The zero-order chi connectivity index (χ0) is 20.4. The van der Waals surface area contributed by atoms with E-state index in [0.717, 1.165) is 15.7 Å². The Bertz CT molecular complexity index is 1110. The smallest absolute Gasteiger partial charge is 0.332 e. The number of anilines is 1. The predicted molar refractivity (Wildman–Crippen MR) is 107 cm³/mol. The van der Waals surface area contributed by atoms with Crippen LogP contribution in [0.2, 0.25) is 0 Å². The number of benzene rings is 1. The normalized spacial score (nSPS) is 11.3. The maximum atomic E-state index is 12.9. The van der Waals surface area contributed by atoms with Crippen molar-refractivity contribution in [3.05, 3.63) is 56.2 Å². The van der Waals surface area contributed by atoms with Crippen LogP contribution in [-0.2, 0) is 20.6 Å². The summed E-state index contributed by atoms with van der Waals surface area (Å²) in [7, 11) is 3.01. The third-order valence-electron chi connectivity index (χ3n) is 4.77. The minimum absolute atomic E-state index is 0.134. The summed E-state index contributed by atoms with van der Waals surface area (Å²) in [5.41, 5.74) is 1.76. The summed E-state index contributed by atoms with van der Waals surface area (Å²) in [5.74, 6) is 0.429. The number of hydrogen-bond donors (Lipinski definition) is 2. The third kappa shape index (κ3) is 3.46. The molecule has 9 nitrogen and oxygen atoms in total. The molecular weight excluding hydrogens is 362 g/mol. The number of aliphatic hydroxyl groups excluding tert-OH is 2. The lowest BCUT2D eigenvalue weighted by Crippen LogP contribution is -2.37. The Hall–Kier alpha value is -2.91. The van der Waals surface area contributed by atoms with Gasteiger partial charge in [-0.2, -0.15) is 4.98 Å². The van der Waals surface area contributed by atoms with Gasteiger partial charge in [0.05, 0.1) is 19.8 Å². The molecule has 2 N–H and O–H groups in total. The summed E-state index contributed by atoms with van der Waals surface area (Å²) in [6, 6.07) is 7.90. The quantitative estimate of drug-likeness (QED) is 0.571.